The standard InChI is InChI=1S/C13H18N2O2.2ClH/c1-2-4-15-12(3-1)7-17-10-13-8-14-5-11(13)6-16-9-13;;/h1-4,11,14H,5-10H2;2*1H/t11-,13+;;/m1../s1. The number of halogens is 2. The van der Waals surface area contributed by atoms with Crippen LogP contribution >= 0.6 is 24.8 Å². The minimum absolute atomic E-state index is 0. The van der Waals surface area contributed by atoms with E-state index in [4.69, 9.17) is 9.47 Å². The van der Waals surface area contributed by atoms with E-state index in [2.05, 4.69) is 10.3 Å². The molecule has 0 saturated carbocycles. The van der Waals surface area contributed by atoms with Crippen LogP contribution < -0.4 is 5.32 Å². The van der Waals surface area contributed by atoms with Gasteiger partial charge in [0.15, 0.2) is 0 Å². The van der Waals surface area contributed by atoms with Crippen molar-refractivity contribution in [1.82, 2.24) is 10.3 Å². The SMILES string of the molecule is Cl.Cl.c1ccc(COC[C@@]23CNC[C@@H]2COC3)nc1. The molecule has 3 rings (SSSR count). The van der Waals surface area contributed by atoms with Crippen molar-refractivity contribution in [2.24, 2.45) is 11.3 Å². The zero-order chi connectivity index (χ0) is 11.6. The van der Waals surface area contributed by atoms with Gasteiger partial charge in [-0.2, -0.15) is 0 Å². The Kier molecular flexibility index (Phi) is 6.50. The number of ether oxygens (including phenoxy) is 2. The molecule has 0 aliphatic carbocycles. The first-order chi connectivity index (χ1) is 8.39. The van der Waals surface area contributed by atoms with Crippen molar-refractivity contribution in [3.63, 3.8) is 0 Å². The average molecular weight is 307 g/mol. The summed E-state index contributed by atoms with van der Waals surface area (Å²) in [5, 5.41) is 3.44. The summed E-state index contributed by atoms with van der Waals surface area (Å²) in [4.78, 5) is 4.25. The van der Waals surface area contributed by atoms with Gasteiger partial charge in [-0.25, -0.2) is 0 Å². The molecule has 0 unspecified atom stereocenters. The van der Waals surface area contributed by atoms with Crippen molar-refractivity contribution < 1.29 is 9.47 Å². The number of nitrogens with zero attached hydrogens (tertiary/aromatic N) is 1. The normalized spacial score (nSPS) is 28.3. The van der Waals surface area contributed by atoms with Gasteiger partial charge in [0.1, 0.15) is 0 Å². The maximum Gasteiger partial charge on any atom is 0.0888 e. The van der Waals surface area contributed by atoms with Crippen molar-refractivity contribution in [3.8, 4) is 0 Å². The Morgan fingerprint density at radius 1 is 1.42 bits per heavy atom. The molecule has 0 radical (unpaired) electrons. The highest BCUT2D eigenvalue weighted by Crippen LogP contribution is 2.37. The molecule has 0 aromatic carbocycles. The molecule has 0 bridgehead atoms. The Labute approximate surface area is 126 Å². The first-order valence-electron chi connectivity index (χ1n) is 6.15. The lowest BCUT2D eigenvalue weighted by Crippen LogP contribution is -2.34. The number of hydrogen-bond acceptors (Lipinski definition) is 4. The molecule has 1 aromatic heterocycles. The van der Waals surface area contributed by atoms with Crippen LogP contribution in [0.4, 0.5) is 0 Å². The summed E-state index contributed by atoms with van der Waals surface area (Å²) in [5.74, 6) is 0.617. The van der Waals surface area contributed by atoms with E-state index in [9.17, 15) is 0 Å². The zero-order valence-electron chi connectivity index (χ0n) is 10.7. The summed E-state index contributed by atoms with van der Waals surface area (Å²) < 4.78 is 11.4. The van der Waals surface area contributed by atoms with Crippen LogP contribution in [0, 0.1) is 11.3 Å². The van der Waals surface area contributed by atoms with Crippen molar-refractivity contribution in [3.05, 3.63) is 30.1 Å². The van der Waals surface area contributed by atoms with Crippen molar-refractivity contribution >= 4 is 24.8 Å². The summed E-state index contributed by atoms with van der Waals surface area (Å²) in [6.45, 7) is 5.14. The third kappa shape index (κ3) is 3.58. The molecule has 0 spiro atoms. The third-order valence-corrected chi connectivity index (χ3v) is 3.81. The maximum atomic E-state index is 5.83. The Hall–Kier alpha value is -0.390. The van der Waals surface area contributed by atoms with Gasteiger partial charge in [0.25, 0.3) is 0 Å². The number of nitrogens with one attached hydrogen (secondary N) is 1. The average Bonchev–Trinajstić information content (AvgIpc) is 2.89. The fourth-order valence-corrected chi connectivity index (χ4v) is 2.72. The minimum Gasteiger partial charge on any atom is -0.380 e. The summed E-state index contributed by atoms with van der Waals surface area (Å²) in [5.41, 5.74) is 1.19. The van der Waals surface area contributed by atoms with Crippen molar-refractivity contribution in [2.45, 2.75) is 6.61 Å². The van der Waals surface area contributed by atoms with Gasteiger partial charge in [-0.1, -0.05) is 6.07 Å². The highest BCUT2D eigenvalue weighted by molar-refractivity contribution is 5.85. The highest BCUT2D eigenvalue weighted by atomic mass is 35.5. The molecule has 6 heteroatoms. The molecular formula is C13H20Cl2N2O2. The van der Waals surface area contributed by atoms with E-state index in [0.717, 1.165) is 38.6 Å². The minimum atomic E-state index is 0. The monoisotopic (exact) mass is 306 g/mol. The van der Waals surface area contributed by atoms with E-state index in [1.165, 1.54) is 0 Å². The number of rotatable bonds is 4. The van der Waals surface area contributed by atoms with Crippen molar-refractivity contribution in [2.75, 3.05) is 32.9 Å². The van der Waals surface area contributed by atoms with Gasteiger partial charge >= 0.3 is 0 Å². The van der Waals surface area contributed by atoms with Crippen LogP contribution in [0.5, 0.6) is 0 Å². The molecule has 0 amide bonds. The zero-order valence-corrected chi connectivity index (χ0v) is 12.3. The lowest BCUT2D eigenvalue weighted by atomic mass is 9.82. The predicted octanol–water partition coefficient (Wildman–Crippen LogP) is 1.68. The summed E-state index contributed by atoms with van der Waals surface area (Å²) >= 11 is 0. The Morgan fingerprint density at radius 3 is 3.11 bits per heavy atom. The molecule has 2 saturated heterocycles. The Morgan fingerprint density at radius 2 is 2.32 bits per heavy atom. The largest absolute Gasteiger partial charge is 0.380 e. The molecule has 2 fully saturated rings. The maximum absolute atomic E-state index is 5.83. The van der Waals surface area contributed by atoms with E-state index in [1.807, 2.05) is 18.2 Å². The molecule has 1 aromatic rings. The molecule has 19 heavy (non-hydrogen) atoms. The molecule has 3 heterocycles. The van der Waals surface area contributed by atoms with Gasteiger partial charge in [0.05, 0.1) is 32.1 Å². The fourth-order valence-electron chi connectivity index (χ4n) is 2.72. The van der Waals surface area contributed by atoms with Crippen LogP contribution in [0.2, 0.25) is 0 Å². The smallest absolute Gasteiger partial charge is 0.0888 e. The second-order valence-electron chi connectivity index (χ2n) is 5.02. The van der Waals surface area contributed by atoms with E-state index < -0.39 is 0 Å². The quantitative estimate of drug-likeness (QED) is 0.919. The number of fused-ring (bicyclic) bond motifs is 1. The van der Waals surface area contributed by atoms with Crippen molar-refractivity contribution in [1.29, 1.82) is 0 Å². The molecule has 4 nitrogen and oxygen atoms in total. The van der Waals surface area contributed by atoms with E-state index >= 15 is 0 Å². The first kappa shape index (κ1) is 16.7. The summed E-state index contributed by atoms with van der Waals surface area (Å²) in [6, 6.07) is 5.90. The van der Waals surface area contributed by atoms with Gasteiger partial charge in [-0.05, 0) is 12.1 Å². The van der Waals surface area contributed by atoms with Crippen LogP contribution in [0.25, 0.3) is 0 Å². The summed E-state index contributed by atoms with van der Waals surface area (Å²) in [7, 11) is 0. The Bertz CT molecular complexity index is 368. The first-order valence-corrected chi connectivity index (χ1v) is 6.15. The van der Waals surface area contributed by atoms with Gasteiger partial charge in [-0.15, -0.1) is 24.8 Å². The van der Waals surface area contributed by atoms with Crippen LogP contribution in [-0.4, -0.2) is 37.9 Å². The molecular weight excluding hydrogens is 287 g/mol. The van der Waals surface area contributed by atoms with Gasteiger partial charge in [0.2, 0.25) is 0 Å². The number of aromatic nitrogens is 1. The molecule has 2 aliphatic heterocycles. The van der Waals surface area contributed by atoms with E-state index in [0.29, 0.717) is 12.5 Å². The molecule has 108 valence electrons. The Balaban J connectivity index is 0.000000902. The number of pyridine rings is 1. The van der Waals surface area contributed by atoms with Crippen LogP contribution in [0.3, 0.4) is 0 Å². The van der Waals surface area contributed by atoms with Gasteiger partial charge in [-0.3, -0.25) is 4.98 Å². The predicted molar refractivity (Wildman–Crippen MR) is 78.0 cm³/mol. The second-order valence-corrected chi connectivity index (χ2v) is 5.02. The van der Waals surface area contributed by atoms with Crippen LogP contribution in [-0.2, 0) is 16.1 Å². The lowest BCUT2D eigenvalue weighted by molar-refractivity contribution is 0.0241. The fraction of sp³-hybridized carbons (Fsp3) is 0.615. The molecule has 1 N–H and O–H groups in total. The lowest BCUT2D eigenvalue weighted by Gasteiger charge is -2.25. The topological polar surface area (TPSA) is 43.4 Å². The van der Waals surface area contributed by atoms with E-state index in [1.54, 1.807) is 6.20 Å². The molecule has 2 aliphatic rings. The second kappa shape index (κ2) is 7.41. The highest BCUT2D eigenvalue weighted by Gasteiger charge is 2.47. The van der Waals surface area contributed by atoms with Gasteiger partial charge in [0, 0.05) is 30.6 Å². The molecule has 2 atom stereocenters. The van der Waals surface area contributed by atoms with E-state index in [-0.39, 0.29) is 30.2 Å². The van der Waals surface area contributed by atoms with Crippen LogP contribution in [0.1, 0.15) is 5.69 Å². The number of hydrogen-bond donors (Lipinski definition) is 1. The summed E-state index contributed by atoms with van der Waals surface area (Å²) in [6.07, 6.45) is 1.80. The third-order valence-electron chi connectivity index (χ3n) is 3.81. The van der Waals surface area contributed by atoms with Crippen LogP contribution in [0.15, 0.2) is 24.4 Å². The van der Waals surface area contributed by atoms with Gasteiger partial charge < -0.3 is 14.8 Å².